The molecular weight excluding hydrogens is 156 g/mol. The predicted octanol–water partition coefficient (Wildman–Crippen LogP) is 0.420. The Kier molecular flexibility index (Phi) is 6.47. The summed E-state index contributed by atoms with van der Waals surface area (Å²) in [5.41, 5.74) is 0. The molecule has 0 unspecified atom stereocenters. The van der Waals surface area contributed by atoms with Crippen LogP contribution in [0, 0.1) is 0 Å². The normalized spacial score (nSPS) is 9.58. The third-order valence-electron chi connectivity index (χ3n) is 1.57. The van der Waals surface area contributed by atoms with Crippen LogP contribution >= 0.6 is 0 Å². The fourth-order valence-electron chi connectivity index (χ4n) is 0.868. The van der Waals surface area contributed by atoms with Crippen molar-refractivity contribution in [2.45, 2.75) is 20.3 Å². The Morgan fingerprint density at radius 1 is 1.50 bits per heavy atom. The molecule has 0 radical (unpaired) electrons. The van der Waals surface area contributed by atoms with Crippen LogP contribution in [0.4, 0.5) is 4.79 Å². The van der Waals surface area contributed by atoms with Crippen LogP contribution in [-0.2, 0) is 0 Å². The molecule has 72 valence electrons. The smallest absolute Gasteiger partial charge is 0.317 e. The summed E-state index contributed by atoms with van der Waals surface area (Å²) >= 11 is 0. The van der Waals surface area contributed by atoms with E-state index in [9.17, 15) is 4.79 Å². The van der Waals surface area contributed by atoms with Gasteiger partial charge in [-0.05, 0) is 13.3 Å². The van der Waals surface area contributed by atoms with Gasteiger partial charge >= 0.3 is 6.03 Å². The Morgan fingerprint density at radius 3 is 2.58 bits per heavy atom. The van der Waals surface area contributed by atoms with E-state index in [0.717, 1.165) is 6.42 Å². The van der Waals surface area contributed by atoms with Gasteiger partial charge in [0.1, 0.15) is 0 Å². The van der Waals surface area contributed by atoms with E-state index in [-0.39, 0.29) is 12.6 Å². The molecular formula is C8H18N2O2. The second-order valence-electron chi connectivity index (χ2n) is 2.54. The highest BCUT2D eigenvalue weighted by molar-refractivity contribution is 5.74. The molecule has 0 aromatic rings. The maximum absolute atomic E-state index is 11.2. The number of hydrogen-bond donors (Lipinski definition) is 2. The lowest BCUT2D eigenvalue weighted by molar-refractivity contribution is 0.180. The largest absolute Gasteiger partial charge is 0.395 e. The summed E-state index contributed by atoms with van der Waals surface area (Å²) in [6.07, 6.45) is 0.933. The lowest BCUT2D eigenvalue weighted by Crippen LogP contribution is -2.41. The van der Waals surface area contributed by atoms with E-state index in [1.54, 1.807) is 4.90 Å². The molecule has 0 fully saturated rings. The molecule has 0 rings (SSSR count). The Hall–Kier alpha value is -0.770. The van der Waals surface area contributed by atoms with Gasteiger partial charge in [-0.25, -0.2) is 4.79 Å². The lowest BCUT2D eigenvalue weighted by Gasteiger charge is -2.19. The van der Waals surface area contributed by atoms with Gasteiger partial charge in [-0.2, -0.15) is 0 Å². The molecule has 0 aliphatic heterocycles. The zero-order chi connectivity index (χ0) is 9.40. The van der Waals surface area contributed by atoms with Crippen LogP contribution in [0.25, 0.3) is 0 Å². The summed E-state index contributed by atoms with van der Waals surface area (Å²) in [6.45, 7) is 5.65. The number of hydrogen-bond acceptors (Lipinski definition) is 2. The molecule has 0 saturated heterocycles. The summed E-state index contributed by atoms with van der Waals surface area (Å²) in [4.78, 5) is 12.8. The standard InChI is InChI=1S/C8H18N2O2/c1-3-5-9-8(12)10(4-2)6-7-11/h11H,3-7H2,1-2H3,(H,9,12). The third-order valence-corrected chi connectivity index (χ3v) is 1.57. The average Bonchev–Trinajstić information content (AvgIpc) is 2.10. The van der Waals surface area contributed by atoms with E-state index in [0.29, 0.717) is 19.6 Å². The van der Waals surface area contributed by atoms with Crippen molar-refractivity contribution in [3.63, 3.8) is 0 Å². The number of nitrogens with one attached hydrogen (secondary N) is 1. The van der Waals surface area contributed by atoms with Gasteiger partial charge in [0.05, 0.1) is 6.61 Å². The van der Waals surface area contributed by atoms with Gasteiger partial charge in [-0.3, -0.25) is 0 Å². The molecule has 4 heteroatoms. The number of amides is 2. The average molecular weight is 174 g/mol. The van der Waals surface area contributed by atoms with Crippen molar-refractivity contribution in [1.29, 1.82) is 0 Å². The zero-order valence-corrected chi connectivity index (χ0v) is 7.84. The van der Waals surface area contributed by atoms with Crippen molar-refractivity contribution in [2.24, 2.45) is 0 Å². The molecule has 0 bridgehead atoms. The first kappa shape index (κ1) is 11.2. The van der Waals surface area contributed by atoms with Crippen molar-refractivity contribution in [1.82, 2.24) is 10.2 Å². The minimum atomic E-state index is -0.0894. The maximum Gasteiger partial charge on any atom is 0.317 e. The van der Waals surface area contributed by atoms with Crippen LogP contribution in [0.3, 0.4) is 0 Å². The van der Waals surface area contributed by atoms with E-state index < -0.39 is 0 Å². The first-order chi connectivity index (χ1) is 5.76. The lowest BCUT2D eigenvalue weighted by atomic mass is 10.5. The van der Waals surface area contributed by atoms with Crippen LogP contribution in [0.1, 0.15) is 20.3 Å². The van der Waals surface area contributed by atoms with Crippen molar-refractivity contribution in [3.8, 4) is 0 Å². The summed E-state index contributed by atoms with van der Waals surface area (Å²) in [5, 5.41) is 11.4. The first-order valence-electron chi connectivity index (χ1n) is 4.39. The topological polar surface area (TPSA) is 52.6 Å². The quantitative estimate of drug-likeness (QED) is 0.634. The first-order valence-corrected chi connectivity index (χ1v) is 4.39. The highest BCUT2D eigenvalue weighted by atomic mass is 16.3. The van der Waals surface area contributed by atoms with E-state index in [1.807, 2.05) is 13.8 Å². The molecule has 0 aliphatic carbocycles. The van der Waals surface area contributed by atoms with Gasteiger partial charge < -0.3 is 15.3 Å². The summed E-state index contributed by atoms with van der Waals surface area (Å²) in [5.74, 6) is 0. The number of likely N-dealkylation sites (N-methyl/N-ethyl adjacent to an activating group) is 1. The fraction of sp³-hybridized carbons (Fsp3) is 0.875. The molecule has 0 aliphatic rings. The predicted molar refractivity (Wildman–Crippen MR) is 48.0 cm³/mol. The molecule has 0 aromatic heterocycles. The number of aliphatic hydroxyl groups is 1. The second-order valence-corrected chi connectivity index (χ2v) is 2.54. The van der Waals surface area contributed by atoms with Crippen molar-refractivity contribution < 1.29 is 9.90 Å². The Balaban J connectivity index is 3.69. The highest BCUT2D eigenvalue weighted by Crippen LogP contribution is 1.87. The van der Waals surface area contributed by atoms with E-state index in [1.165, 1.54) is 0 Å². The van der Waals surface area contributed by atoms with Crippen molar-refractivity contribution >= 4 is 6.03 Å². The van der Waals surface area contributed by atoms with Gasteiger partial charge in [0, 0.05) is 19.6 Å². The monoisotopic (exact) mass is 174 g/mol. The summed E-state index contributed by atoms with van der Waals surface area (Å²) in [7, 11) is 0. The van der Waals surface area contributed by atoms with E-state index in [4.69, 9.17) is 5.11 Å². The van der Waals surface area contributed by atoms with Crippen LogP contribution in [0.15, 0.2) is 0 Å². The fourth-order valence-corrected chi connectivity index (χ4v) is 0.868. The van der Waals surface area contributed by atoms with Crippen LogP contribution in [0.2, 0.25) is 0 Å². The van der Waals surface area contributed by atoms with Gasteiger partial charge in [-0.1, -0.05) is 6.92 Å². The van der Waals surface area contributed by atoms with Crippen LogP contribution in [0.5, 0.6) is 0 Å². The summed E-state index contributed by atoms with van der Waals surface area (Å²) in [6, 6.07) is -0.0894. The van der Waals surface area contributed by atoms with E-state index in [2.05, 4.69) is 5.32 Å². The van der Waals surface area contributed by atoms with E-state index >= 15 is 0 Å². The van der Waals surface area contributed by atoms with Gasteiger partial charge in [0.25, 0.3) is 0 Å². The number of urea groups is 1. The third kappa shape index (κ3) is 4.18. The Bertz CT molecular complexity index is 128. The number of carbonyl (C=O) groups is 1. The number of carbonyl (C=O) groups excluding carboxylic acids is 1. The highest BCUT2D eigenvalue weighted by Gasteiger charge is 2.08. The maximum atomic E-state index is 11.2. The molecule has 0 heterocycles. The molecule has 0 atom stereocenters. The molecule has 12 heavy (non-hydrogen) atoms. The number of aliphatic hydroxyl groups excluding tert-OH is 1. The van der Waals surface area contributed by atoms with Gasteiger partial charge in [-0.15, -0.1) is 0 Å². The molecule has 2 N–H and O–H groups in total. The minimum absolute atomic E-state index is 0.0212. The number of rotatable bonds is 5. The van der Waals surface area contributed by atoms with Gasteiger partial charge in [0.2, 0.25) is 0 Å². The molecule has 0 spiro atoms. The SMILES string of the molecule is CCCNC(=O)N(CC)CCO. The molecule has 2 amide bonds. The van der Waals surface area contributed by atoms with Crippen LogP contribution in [-0.4, -0.2) is 42.3 Å². The Morgan fingerprint density at radius 2 is 2.17 bits per heavy atom. The van der Waals surface area contributed by atoms with Crippen molar-refractivity contribution in [3.05, 3.63) is 0 Å². The Labute approximate surface area is 73.6 Å². The minimum Gasteiger partial charge on any atom is -0.395 e. The summed E-state index contributed by atoms with van der Waals surface area (Å²) < 4.78 is 0. The van der Waals surface area contributed by atoms with Gasteiger partial charge in [0.15, 0.2) is 0 Å². The van der Waals surface area contributed by atoms with Crippen LogP contribution < -0.4 is 5.32 Å². The number of nitrogens with zero attached hydrogens (tertiary/aromatic N) is 1. The molecule has 4 nitrogen and oxygen atoms in total. The second kappa shape index (κ2) is 6.91. The molecule has 0 saturated carbocycles. The van der Waals surface area contributed by atoms with Crippen molar-refractivity contribution in [2.75, 3.05) is 26.2 Å². The zero-order valence-electron chi connectivity index (χ0n) is 7.84. The molecule has 0 aromatic carbocycles.